The number of ether oxygens (including phenoxy) is 3. The molecule has 1 amide bonds. The first-order valence-corrected chi connectivity index (χ1v) is 14.5. The Morgan fingerprint density at radius 1 is 1.07 bits per heavy atom. The normalized spacial score (nSPS) is 13.4. The Hall–Kier alpha value is -4.72. The maximum Gasteiger partial charge on any atom is 0.415 e. The molecule has 1 aliphatic heterocycles. The zero-order valence-corrected chi connectivity index (χ0v) is 24.3. The molecule has 1 aliphatic rings. The minimum Gasteiger partial charge on any atom is -0.490 e. The topological polar surface area (TPSA) is 152 Å². The number of aromatic nitrogens is 4. The maximum absolute atomic E-state index is 13.6. The van der Waals surface area contributed by atoms with Crippen molar-refractivity contribution in [3.8, 4) is 5.75 Å². The van der Waals surface area contributed by atoms with Gasteiger partial charge in [0.05, 0.1) is 53.0 Å². The summed E-state index contributed by atoms with van der Waals surface area (Å²) in [5.74, 6) is -0.0926. The van der Waals surface area contributed by atoms with Crippen LogP contribution in [0.3, 0.4) is 0 Å². The summed E-state index contributed by atoms with van der Waals surface area (Å²) in [4.78, 5) is 38.7. The van der Waals surface area contributed by atoms with Crippen LogP contribution in [0.5, 0.6) is 5.75 Å². The van der Waals surface area contributed by atoms with Crippen molar-refractivity contribution in [2.75, 3.05) is 25.2 Å². The fraction of sp³-hybridized carbons (Fsp3) is 0.321. The van der Waals surface area contributed by atoms with E-state index in [1.807, 2.05) is 0 Å². The van der Waals surface area contributed by atoms with Crippen molar-refractivity contribution in [2.45, 2.75) is 49.3 Å². The molecule has 3 heterocycles. The molecule has 0 saturated heterocycles. The molecule has 0 N–H and O–H groups in total. The number of anilines is 1. The zero-order valence-electron chi connectivity index (χ0n) is 23.4. The minimum atomic E-state index is -4.05. The van der Waals surface area contributed by atoms with Crippen LogP contribution in [0, 0.1) is 0 Å². The van der Waals surface area contributed by atoms with Gasteiger partial charge in [-0.15, -0.1) is 0 Å². The van der Waals surface area contributed by atoms with Gasteiger partial charge in [-0.25, -0.2) is 17.9 Å². The molecule has 42 heavy (non-hydrogen) atoms. The number of methoxy groups -OCH3 is 1. The molecule has 14 heteroatoms. The van der Waals surface area contributed by atoms with E-state index in [9.17, 15) is 22.8 Å². The van der Waals surface area contributed by atoms with Crippen LogP contribution in [0.25, 0.3) is 10.8 Å². The van der Waals surface area contributed by atoms with Gasteiger partial charge >= 0.3 is 12.1 Å². The smallest absolute Gasteiger partial charge is 0.415 e. The summed E-state index contributed by atoms with van der Waals surface area (Å²) in [6.45, 7) is 5.67. The summed E-state index contributed by atoms with van der Waals surface area (Å²) in [5, 5.41) is 9.06. The third-order valence-corrected chi connectivity index (χ3v) is 8.13. The van der Waals surface area contributed by atoms with E-state index >= 15 is 0 Å². The highest BCUT2D eigenvalue weighted by Crippen LogP contribution is 2.36. The number of rotatable bonds is 6. The van der Waals surface area contributed by atoms with Gasteiger partial charge in [0.1, 0.15) is 24.5 Å². The van der Waals surface area contributed by atoms with E-state index in [0.29, 0.717) is 16.8 Å². The molecule has 0 unspecified atom stereocenters. The van der Waals surface area contributed by atoms with Gasteiger partial charge in [0.15, 0.2) is 0 Å². The van der Waals surface area contributed by atoms with E-state index < -0.39 is 33.1 Å². The highest BCUT2D eigenvalue weighted by Gasteiger charge is 2.30. The van der Waals surface area contributed by atoms with Gasteiger partial charge in [0.2, 0.25) is 9.84 Å². The molecule has 13 nitrogen and oxygen atoms in total. The molecule has 0 atom stereocenters. The number of fused-ring (bicyclic) bond motifs is 2. The third kappa shape index (κ3) is 5.84. The first-order chi connectivity index (χ1) is 19.9. The van der Waals surface area contributed by atoms with Crippen molar-refractivity contribution in [3.63, 3.8) is 0 Å². The van der Waals surface area contributed by atoms with Gasteiger partial charge < -0.3 is 14.2 Å². The predicted molar refractivity (Wildman–Crippen MR) is 150 cm³/mol. The lowest BCUT2D eigenvalue weighted by atomic mass is 10.2. The van der Waals surface area contributed by atoms with Gasteiger partial charge in [-0.1, -0.05) is 0 Å². The highest BCUT2D eigenvalue weighted by atomic mass is 32.2. The number of nitrogens with zero attached hydrogens (tertiary/aromatic N) is 5. The summed E-state index contributed by atoms with van der Waals surface area (Å²) in [6, 6.07) is 10.1. The Labute approximate surface area is 241 Å². The van der Waals surface area contributed by atoms with E-state index in [2.05, 4.69) is 14.9 Å². The van der Waals surface area contributed by atoms with Crippen molar-refractivity contribution in [1.29, 1.82) is 0 Å². The first-order valence-electron chi connectivity index (χ1n) is 13.0. The van der Waals surface area contributed by atoms with Gasteiger partial charge in [-0.05, 0) is 63.2 Å². The molecule has 2 aromatic carbocycles. The van der Waals surface area contributed by atoms with Crippen LogP contribution in [-0.2, 0) is 37.2 Å². The van der Waals surface area contributed by atoms with Crippen LogP contribution in [0.1, 0.15) is 26.5 Å². The van der Waals surface area contributed by atoms with Gasteiger partial charge in [-0.3, -0.25) is 19.2 Å². The standard InChI is InChI=1S/C28H29N5O8S/c1-28(2,3)41-27(36)32-11-12-40-24-8-6-21(14-23(24)32)42(37,38)20-5-7-22-18(13-20)15-29-33(26(22)35)16-19-9-10-31(30-19)17-25(34)39-4/h5-10,13-15H,11-12,16-17H2,1-4H3. The van der Waals surface area contributed by atoms with Crippen LogP contribution in [0.4, 0.5) is 10.5 Å². The lowest BCUT2D eigenvalue weighted by Gasteiger charge is -2.31. The second kappa shape index (κ2) is 10.9. The number of amides is 1. The Bertz CT molecular complexity index is 1860. The quantitative estimate of drug-likeness (QED) is 0.304. The Kier molecular flexibility index (Phi) is 7.49. The second-order valence-corrected chi connectivity index (χ2v) is 12.5. The van der Waals surface area contributed by atoms with Gasteiger partial charge in [-0.2, -0.15) is 10.2 Å². The first kappa shape index (κ1) is 28.8. The molecule has 220 valence electrons. The van der Waals surface area contributed by atoms with Gasteiger partial charge in [0, 0.05) is 11.6 Å². The molecule has 0 spiro atoms. The van der Waals surface area contributed by atoms with E-state index in [1.54, 1.807) is 33.0 Å². The number of carbonyl (C=O) groups excluding carboxylic acids is 2. The van der Waals surface area contributed by atoms with Gasteiger partial charge in [0.25, 0.3) is 5.56 Å². The van der Waals surface area contributed by atoms with Crippen molar-refractivity contribution < 1.29 is 32.2 Å². The molecule has 0 radical (unpaired) electrons. The Balaban J connectivity index is 1.43. The number of carbonyl (C=O) groups is 2. The van der Waals surface area contributed by atoms with Crippen molar-refractivity contribution in [2.24, 2.45) is 0 Å². The van der Waals surface area contributed by atoms with Crippen LogP contribution >= 0.6 is 0 Å². The monoisotopic (exact) mass is 595 g/mol. The average Bonchev–Trinajstić information content (AvgIpc) is 3.39. The van der Waals surface area contributed by atoms with Crippen LogP contribution in [0.2, 0.25) is 0 Å². The molecule has 0 fully saturated rings. The van der Waals surface area contributed by atoms with Crippen molar-refractivity contribution >= 4 is 38.4 Å². The number of esters is 1. The molecule has 2 aromatic heterocycles. The second-order valence-electron chi connectivity index (χ2n) is 10.6. The number of hydrogen-bond donors (Lipinski definition) is 0. The predicted octanol–water partition coefficient (Wildman–Crippen LogP) is 2.78. The SMILES string of the molecule is COC(=O)Cn1ccc(Cn2ncc3cc(S(=O)(=O)c4ccc5c(c4)N(C(=O)OC(C)(C)C)CCO5)ccc3c2=O)n1. The average molecular weight is 596 g/mol. The Morgan fingerprint density at radius 3 is 2.55 bits per heavy atom. The summed E-state index contributed by atoms with van der Waals surface area (Å²) in [7, 11) is -2.77. The molecule has 4 aromatic rings. The molecular formula is C28H29N5O8S. The molecular weight excluding hydrogens is 566 g/mol. The molecule has 0 bridgehead atoms. The number of benzene rings is 2. The molecule has 5 rings (SSSR count). The van der Waals surface area contributed by atoms with Crippen molar-refractivity contribution in [1.82, 2.24) is 19.6 Å². The lowest BCUT2D eigenvalue weighted by molar-refractivity contribution is -0.141. The Morgan fingerprint density at radius 2 is 1.81 bits per heavy atom. The van der Waals surface area contributed by atoms with Crippen LogP contribution < -0.4 is 15.2 Å². The molecule has 0 aliphatic carbocycles. The molecule has 0 saturated carbocycles. The number of sulfone groups is 1. The van der Waals surface area contributed by atoms with E-state index in [0.717, 1.165) is 0 Å². The van der Waals surface area contributed by atoms with Crippen LogP contribution in [-0.4, -0.2) is 65.9 Å². The van der Waals surface area contributed by atoms with Crippen LogP contribution in [0.15, 0.2) is 69.4 Å². The number of hydrogen-bond acceptors (Lipinski definition) is 10. The summed E-state index contributed by atoms with van der Waals surface area (Å²) >= 11 is 0. The fourth-order valence-electron chi connectivity index (χ4n) is 4.38. The third-order valence-electron chi connectivity index (χ3n) is 6.38. The van der Waals surface area contributed by atoms with E-state index in [1.165, 1.54) is 64.0 Å². The summed E-state index contributed by atoms with van der Waals surface area (Å²) < 4.78 is 45.6. The zero-order chi connectivity index (χ0) is 30.2. The fourth-order valence-corrected chi connectivity index (χ4v) is 5.69. The highest BCUT2D eigenvalue weighted by molar-refractivity contribution is 7.91. The van der Waals surface area contributed by atoms with Crippen molar-refractivity contribution in [3.05, 3.63) is 70.9 Å². The largest absolute Gasteiger partial charge is 0.490 e. The van der Waals surface area contributed by atoms with E-state index in [4.69, 9.17) is 9.47 Å². The maximum atomic E-state index is 13.6. The summed E-state index contributed by atoms with van der Waals surface area (Å²) in [5.41, 5.74) is -0.374. The van der Waals surface area contributed by atoms with E-state index in [-0.39, 0.29) is 47.1 Å². The summed E-state index contributed by atoms with van der Waals surface area (Å²) in [6.07, 6.45) is 2.39. The lowest BCUT2D eigenvalue weighted by Crippen LogP contribution is -2.41. The minimum absolute atomic E-state index is 0.0454.